The number of rotatable bonds is 3. The van der Waals surface area contributed by atoms with Crippen LogP contribution in [0.3, 0.4) is 0 Å². The molecule has 10 aromatic rings. The van der Waals surface area contributed by atoms with Crippen LogP contribution in [0.5, 0.6) is 0 Å². The number of nitrogens with zero attached hydrogens (tertiary/aromatic N) is 4. The summed E-state index contributed by atoms with van der Waals surface area (Å²) in [5.41, 5.74) is 7.12. The van der Waals surface area contributed by atoms with Gasteiger partial charge in [0.25, 0.3) is 0 Å². The molecular formula is C41H24N4S. The van der Waals surface area contributed by atoms with Crippen LogP contribution in [0.25, 0.3) is 92.1 Å². The Balaban J connectivity index is 1.24. The van der Waals surface area contributed by atoms with Gasteiger partial charge in [-0.2, -0.15) is 0 Å². The number of fused-ring (bicyclic) bond motifs is 11. The first kappa shape index (κ1) is 25.4. The molecule has 0 spiro atoms. The van der Waals surface area contributed by atoms with Crippen molar-refractivity contribution in [2.24, 2.45) is 0 Å². The van der Waals surface area contributed by atoms with Crippen molar-refractivity contribution in [3.05, 3.63) is 146 Å². The molecule has 0 amide bonds. The Morgan fingerprint density at radius 2 is 1.17 bits per heavy atom. The topological polar surface area (TPSA) is 43.6 Å². The zero-order valence-corrected chi connectivity index (χ0v) is 25.4. The summed E-state index contributed by atoms with van der Waals surface area (Å²) in [6.45, 7) is 0. The van der Waals surface area contributed by atoms with Gasteiger partial charge in [0.2, 0.25) is 0 Å². The minimum atomic E-state index is 0.664. The highest BCUT2D eigenvalue weighted by Crippen LogP contribution is 2.47. The summed E-state index contributed by atoms with van der Waals surface area (Å²) in [4.78, 5) is 14.6. The smallest absolute Gasteiger partial charge is 0.163 e. The third kappa shape index (κ3) is 3.63. The first-order chi connectivity index (χ1) is 22.8. The number of hydrogen-bond acceptors (Lipinski definition) is 4. The molecule has 0 N–H and O–H groups in total. The Kier molecular flexibility index (Phi) is 5.41. The summed E-state index contributed by atoms with van der Waals surface area (Å²) in [6.07, 6.45) is 1.79. The van der Waals surface area contributed by atoms with Crippen LogP contribution in [0.1, 0.15) is 0 Å². The monoisotopic (exact) mass is 604 g/mol. The maximum Gasteiger partial charge on any atom is 0.163 e. The average Bonchev–Trinajstić information content (AvgIpc) is 3.69. The summed E-state index contributed by atoms with van der Waals surface area (Å²) >= 11 is 1.88. The van der Waals surface area contributed by atoms with Crippen LogP contribution in [0.4, 0.5) is 0 Å². The van der Waals surface area contributed by atoms with E-state index in [4.69, 9.17) is 9.97 Å². The lowest BCUT2D eigenvalue weighted by Crippen LogP contribution is -1.98. The van der Waals surface area contributed by atoms with Crippen LogP contribution in [0.2, 0.25) is 0 Å². The van der Waals surface area contributed by atoms with E-state index < -0.39 is 0 Å². The van der Waals surface area contributed by atoms with Crippen LogP contribution in [0, 0.1) is 0 Å². The summed E-state index contributed by atoms with van der Waals surface area (Å²) in [6, 6.07) is 49.4. The zero-order chi connectivity index (χ0) is 30.2. The Bertz CT molecular complexity index is 2790. The molecule has 0 saturated carbocycles. The molecule has 0 saturated heterocycles. The van der Waals surface area contributed by atoms with Gasteiger partial charge in [-0.3, -0.25) is 0 Å². The van der Waals surface area contributed by atoms with Crippen molar-refractivity contribution in [2.45, 2.75) is 0 Å². The number of pyridine rings is 1. The summed E-state index contributed by atoms with van der Waals surface area (Å²) in [7, 11) is 0. The van der Waals surface area contributed by atoms with Crippen molar-refractivity contribution in [1.82, 2.24) is 19.5 Å². The Labute approximate surface area is 267 Å². The van der Waals surface area contributed by atoms with Crippen LogP contribution in [0.15, 0.2) is 146 Å². The second-order valence-corrected chi connectivity index (χ2v) is 12.7. The molecule has 214 valence electrons. The van der Waals surface area contributed by atoms with Gasteiger partial charge in [-0.05, 0) is 59.3 Å². The molecular weight excluding hydrogens is 581 g/mol. The molecule has 0 bridgehead atoms. The average molecular weight is 605 g/mol. The van der Waals surface area contributed by atoms with Crippen LogP contribution in [-0.2, 0) is 0 Å². The second-order valence-electron chi connectivity index (χ2n) is 11.6. The molecule has 10 rings (SSSR count). The zero-order valence-electron chi connectivity index (χ0n) is 24.6. The van der Waals surface area contributed by atoms with E-state index in [1.165, 1.54) is 52.8 Å². The van der Waals surface area contributed by atoms with Gasteiger partial charge in [0, 0.05) is 54.6 Å². The van der Waals surface area contributed by atoms with Crippen molar-refractivity contribution in [3.63, 3.8) is 0 Å². The number of thiophene rings is 1. The maximum absolute atomic E-state index is 5.08. The predicted octanol–water partition coefficient (Wildman–Crippen LogP) is 11.0. The van der Waals surface area contributed by atoms with Gasteiger partial charge in [0.15, 0.2) is 11.5 Å². The lowest BCUT2D eigenvalue weighted by molar-refractivity contribution is 1.17. The number of aromatic nitrogens is 4. The van der Waals surface area contributed by atoms with Crippen LogP contribution < -0.4 is 0 Å². The summed E-state index contributed by atoms with van der Waals surface area (Å²) < 4.78 is 5.06. The highest BCUT2D eigenvalue weighted by atomic mass is 32.1. The minimum Gasteiger partial charge on any atom is -0.308 e. The molecule has 46 heavy (non-hydrogen) atoms. The first-order valence-corrected chi connectivity index (χ1v) is 16.2. The minimum absolute atomic E-state index is 0.664. The van der Waals surface area contributed by atoms with E-state index in [9.17, 15) is 0 Å². The normalized spacial score (nSPS) is 11.9. The quantitative estimate of drug-likeness (QED) is 0.201. The standard InChI is InChI=1S/C41H24N4S/c1-2-11-25(12-3-1)37-32-17-10-24-42-41(32)44-40(43-37)26-20-22-27(23-21-26)45-33-18-8-6-15-30(33)35-28-13-4-5-14-29(28)36-31-16-7-9-19-34(31)46-39(36)38(35)45/h1-24H. The number of benzene rings is 6. The number of para-hydroxylation sites is 1. The van der Waals surface area contributed by atoms with E-state index in [2.05, 4.69) is 119 Å². The second kappa shape index (κ2) is 9.80. The molecule has 4 nitrogen and oxygen atoms in total. The molecule has 0 atom stereocenters. The van der Waals surface area contributed by atoms with Gasteiger partial charge >= 0.3 is 0 Å². The molecule has 0 fully saturated rings. The van der Waals surface area contributed by atoms with Gasteiger partial charge in [0.1, 0.15) is 0 Å². The molecule has 0 aliphatic rings. The third-order valence-corrected chi connectivity index (χ3v) is 10.2. The largest absolute Gasteiger partial charge is 0.308 e. The van der Waals surface area contributed by atoms with Crippen molar-refractivity contribution < 1.29 is 0 Å². The van der Waals surface area contributed by atoms with E-state index >= 15 is 0 Å². The fraction of sp³-hybridized carbons (Fsp3) is 0. The fourth-order valence-electron chi connectivity index (χ4n) is 7.06. The lowest BCUT2D eigenvalue weighted by atomic mass is 9.99. The van der Waals surface area contributed by atoms with Gasteiger partial charge in [-0.1, -0.05) is 91.0 Å². The van der Waals surface area contributed by atoms with Gasteiger partial charge in [-0.25, -0.2) is 15.0 Å². The highest BCUT2D eigenvalue weighted by Gasteiger charge is 2.21. The third-order valence-electron chi connectivity index (χ3n) is 9.05. The molecule has 4 aromatic heterocycles. The fourth-order valence-corrected chi connectivity index (χ4v) is 8.32. The van der Waals surface area contributed by atoms with Crippen molar-refractivity contribution >= 4 is 75.1 Å². The van der Waals surface area contributed by atoms with E-state index in [0.29, 0.717) is 11.5 Å². The van der Waals surface area contributed by atoms with E-state index in [1.54, 1.807) is 6.20 Å². The molecule has 0 aliphatic carbocycles. The molecule has 0 unspecified atom stereocenters. The van der Waals surface area contributed by atoms with Crippen molar-refractivity contribution in [2.75, 3.05) is 0 Å². The Hall–Kier alpha value is -5.91. The van der Waals surface area contributed by atoms with E-state index in [0.717, 1.165) is 27.9 Å². The SMILES string of the molecule is c1ccc(-c2nc(-c3ccc(-n4c5ccccc5c5c6ccccc6c6c7ccccc7sc6c54)cc3)nc3ncccc23)cc1. The maximum atomic E-state index is 5.08. The predicted molar refractivity (Wildman–Crippen MR) is 193 cm³/mol. The van der Waals surface area contributed by atoms with Crippen molar-refractivity contribution in [1.29, 1.82) is 0 Å². The van der Waals surface area contributed by atoms with Crippen LogP contribution in [-0.4, -0.2) is 19.5 Å². The highest BCUT2D eigenvalue weighted by molar-refractivity contribution is 7.27. The van der Waals surface area contributed by atoms with Crippen molar-refractivity contribution in [3.8, 4) is 28.3 Å². The molecule has 0 radical (unpaired) electrons. The molecule has 6 aromatic carbocycles. The van der Waals surface area contributed by atoms with E-state index in [-0.39, 0.29) is 0 Å². The summed E-state index contributed by atoms with van der Waals surface area (Å²) in [5, 5.41) is 8.72. The molecule has 4 heterocycles. The van der Waals surface area contributed by atoms with Gasteiger partial charge < -0.3 is 4.57 Å². The van der Waals surface area contributed by atoms with E-state index in [1.807, 2.05) is 41.7 Å². The van der Waals surface area contributed by atoms with Crippen LogP contribution >= 0.6 is 11.3 Å². The van der Waals surface area contributed by atoms with Gasteiger partial charge in [-0.15, -0.1) is 11.3 Å². The molecule has 0 aliphatic heterocycles. The Morgan fingerprint density at radius 1 is 0.500 bits per heavy atom. The number of hydrogen-bond donors (Lipinski definition) is 0. The van der Waals surface area contributed by atoms with Gasteiger partial charge in [0.05, 0.1) is 21.4 Å². The lowest BCUT2D eigenvalue weighted by Gasteiger charge is -2.12. The Morgan fingerprint density at radius 3 is 2.00 bits per heavy atom. The molecule has 5 heteroatoms. The summed E-state index contributed by atoms with van der Waals surface area (Å²) in [5.74, 6) is 0.664. The first-order valence-electron chi connectivity index (χ1n) is 15.4.